The second kappa shape index (κ2) is 7.31. The van der Waals surface area contributed by atoms with Crippen molar-refractivity contribution in [2.24, 2.45) is 0 Å². The lowest BCUT2D eigenvalue weighted by Gasteiger charge is -2.35. The lowest BCUT2D eigenvalue weighted by Crippen LogP contribution is -2.29. The third-order valence-electron chi connectivity index (χ3n) is 4.62. The van der Waals surface area contributed by atoms with Gasteiger partial charge in [0.1, 0.15) is 0 Å². The van der Waals surface area contributed by atoms with E-state index in [1.54, 1.807) is 0 Å². The minimum Gasteiger partial charge on any atom is -0.0843 e. The predicted octanol–water partition coefficient (Wildman–Crippen LogP) is 6.38. The SMILES string of the molecule is CC(C)=CCC(c1ccccc1)(c1ccccc1)c1ccccc1. The molecule has 0 bridgehead atoms. The van der Waals surface area contributed by atoms with E-state index < -0.39 is 0 Å². The molecule has 0 aliphatic heterocycles. The summed E-state index contributed by atoms with van der Waals surface area (Å²) in [5.74, 6) is 0. The van der Waals surface area contributed by atoms with Gasteiger partial charge in [-0.1, -0.05) is 103 Å². The Bertz CT molecular complexity index is 683. The summed E-state index contributed by atoms with van der Waals surface area (Å²) in [7, 11) is 0. The van der Waals surface area contributed by atoms with Gasteiger partial charge in [-0.15, -0.1) is 0 Å². The number of benzene rings is 3. The van der Waals surface area contributed by atoms with Crippen molar-refractivity contribution in [3.8, 4) is 0 Å². The van der Waals surface area contributed by atoms with Crippen LogP contribution in [0.5, 0.6) is 0 Å². The molecule has 0 aromatic heterocycles. The number of hydrogen-bond donors (Lipinski definition) is 0. The molecule has 120 valence electrons. The van der Waals surface area contributed by atoms with Crippen LogP contribution in [-0.2, 0) is 5.41 Å². The molecule has 0 spiro atoms. The molecule has 0 radical (unpaired) electrons. The van der Waals surface area contributed by atoms with Gasteiger partial charge in [-0.2, -0.15) is 0 Å². The summed E-state index contributed by atoms with van der Waals surface area (Å²) in [4.78, 5) is 0. The molecule has 0 heterocycles. The van der Waals surface area contributed by atoms with Crippen LogP contribution in [0.15, 0.2) is 103 Å². The largest absolute Gasteiger partial charge is 0.0843 e. The van der Waals surface area contributed by atoms with Crippen molar-refractivity contribution in [1.29, 1.82) is 0 Å². The van der Waals surface area contributed by atoms with Crippen molar-refractivity contribution >= 4 is 0 Å². The molecule has 24 heavy (non-hydrogen) atoms. The van der Waals surface area contributed by atoms with Crippen LogP contribution < -0.4 is 0 Å². The van der Waals surface area contributed by atoms with E-state index in [2.05, 4.69) is 111 Å². The highest BCUT2D eigenvalue weighted by Gasteiger charge is 2.34. The molecular weight excluding hydrogens is 288 g/mol. The maximum Gasteiger partial charge on any atom is 0.0485 e. The molecule has 0 fully saturated rings. The Morgan fingerprint density at radius 2 is 0.958 bits per heavy atom. The summed E-state index contributed by atoms with van der Waals surface area (Å²) in [5, 5.41) is 0. The van der Waals surface area contributed by atoms with Gasteiger partial charge in [0.25, 0.3) is 0 Å². The first-order valence-corrected chi connectivity index (χ1v) is 8.53. The molecule has 0 unspecified atom stereocenters. The standard InChI is InChI=1S/C24H24/c1-20(2)18-19-24(21-12-6-3-7-13-21,22-14-8-4-9-15-22)23-16-10-5-11-17-23/h3-18H,19H2,1-2H3. The Kier molecular flexibility index (Phi) is 4.96. The normalized spacial score (nSPS) is 11.1. The highest BCUT2D eigenvalue weighted by atomic mass is 14.4. The van der Waals surface area contributed by atoms with Gasteiger partial charge in [-0.05, 0) is 37.0 Å². The zero-order valence-electron chi connectivity index (χ0n) is 14.4. The molecule has 0 atom stereocenters. The summed E-state index contributed by atoms with van der Waals surface area (Å²) < 4.78 is 0. The molecule has 0 saturated heterocycles. The molecule has 3 aromatic carbocycles. The van der Waals surface area contributed by atoms with Gasteiger partial charge >= 0.3 is 0 Å². The Labute approximate surface area is 145 Å². The third-order valence-corrected chi connectivity index (χ3v) is 4.62. The highest BCUT2D eigenvalue weighted by molar-refractivity contribution is 5.51. The summed E-state index contributed by atoms with van der Waals surface area (Å²) >= 11 is 0. The third kappa shape index (κ3) is 3.19. The summed E-state index contributed by atoms with van der Waals surface area (Å²) in [6, 6.07) is 32.6. The van der Waals surface area contributed by atoms with Crippen LogP contribution in [-0.4, -0.2) is 0 Å². The molecule has 3 rings (SSSR count). The summed E-state index contributed by atoms with van der Waals surface area (Å²) in [6.45, 7) is 4.34. The van der Waals surface area contributed by atoms with Crippen LogP contribution >= 0.6 is 0 Å². The maximum absolute atomic E-state index is 2.35. The quantitative estimate of drug-likeness (QED) is 0.379. The average molecular weight is 312 g/mol. The fraction of sp³-hybridized carbons (Fsp3) is 0.167. The van der Waals surface area contributed by atoms with Crippen LogP contribution in [0.1, 0.15) is 37.0 Å². The summed E-state index contributed by atoms with van der Waals surface area (Å²) in [6.07, 6.45) is 3.31. The topological polar surface area (TPSA) is 0 Å². The van der Waals surface area contributed by atoms with Gasteiger partial charge in [0.2, 0.25) is 0 Å². The average Bonchev–Trinajstić information content (AvgIpc) is 2.65. The van der Waals surface area contributed by atoms with E-state index in [0.717, 1.165) is 6.42 Å². The minimum atomic E-state index is -0.166. The predicted molar refractivity (Wildman–Crippen MR) is 103 cm³/mol. The van der Waals surface area contributed by atoms with E-state index in [9.17, 15) is 0 Å². The van der Waals surface area contributed by atoms with E-state index in [-0.39, 0.29) is 5.41 Å². The maximum atomic E-state index is 2.35. The molecule has 3 aromatic rings. The van der Waals surface area contributed by atoms with Crippen molar-refractivity contribution in [2.75, 3.05) is 0 Å². The zero-order valence-corrected chi connectivity index (χ0v) is 14.4. The Morgan fingerprint density at radius 1 is 0.625 bits per heavy atom. The molecule has 0 heteroatoms. The van der Waals surface area contributed by atoms with E-state index in [1.165, 1.54) is 22.3 Å². The van der Waals surface area contributed by atoms with E-state index in [4.69, 9.17) is 0 Å². The van der Waals surface area contributed by atoms with Crippen molar-refractivity contribution in [1.82, 2.24) is 0 Å². The monoisotopic (exact) mass is 312 g/mol. The smallest absolute Gasteiger partial charge is 0.0485 e. The second-order valence-corrected chi connectivity index (χ2v) is 6.49. The Hall–Kier alpha value is -2.60. The van der Waals surface area contributed by atoms with Crippen LogP contribution in [0, 0.1) is 0 Å². The van der Waals surface area contributed by atoms with Gasteiger partial charge in [0.05, 0.1) is 0 Å². The van der Waals surface area contributed by atoms with Crippen molar-refractivity contribution in [3.63, 3.8) is 0 Å². The van der Waals surface area contributed by atoms with E-state index in [1.807, 2.05) is 0 Å². The first-order valence-electron chi connectivity index (χ1n) is 8.53. The summed E-state index contributed by atoms with van der Waals surface area (Å²) in [5.41, 5.74) is 5.18. The zero-order chi connectivity index (χ0) is 16.8. The van der Waals surface area contributed by atoms with Crippen molar-refractivity contribution in [2.45, 2.75) is 25.7 Å². The first-order chi connectivity index (χ1) is 11.7. The van der Waals surface area contributed by atoms with Crippen LogP contribution in [0.25, 0.3) is 0 Å². The van der Waals surface area contributed by atoms with Crippen LogP contribution in [0.2, 0.25) is 0 Å². The van der Waals surface area contributed by atoms with Gasteiger partial charge in [0, 0.05) is 5.41 Å². The van der Waals surface area contributed by atoms with Crippen molar-refractivity contribution < 1.29 is 0 Å². The van der Waals surface area contributed by atoms with Gasteiger partial charge in [0.15, 0.2) is 0 Å². The lowest BCUT2D eigenvalue weighted by atomic mass is 9.67. The van der Waals surface area contributed by atoms with Crippen molar-refractivity contribution in [3.05, 3.63) is 119 Å². The van der Waals surface area contributed by atoms with E-state index in [0.29, 0.717) is 0 Å². The Morgan fingerprint density at radius 3 is 1.25 bits per heavy atom. The number of allylic oxidation sites excluding steroid dienone is 2. The molecule has 0 saturated carbocycles. The van der Waals surface area contributed by atoms with Gasteiger partial charge in [-0.3, -0.25) is 0 Å². The fourth-order valence-corrected chi connectivity index (χ4v) is 3.38. The molecular formula is C24H24. The first kappa shape index (κ1) is 16.3. The van der Waals surface area contributed by atoms with Gasteiger partial charge in [-0.25, -0.2) is 0 Å². The molecule has 0 aliphatic rings. The highest BCUT2D eigenvalue weighted by Crippen LogP contribution is 2.42. The lowest BCUT2D eigenvalue weighted by molar-refractivity contribution is 0.625. The number of rotatable bonds is 5. The Balaban J connectivity index is 2.30. The van der Waals surface area contributed by atoms with Gasteiger partial charge < -0.3 is 0 Å². The van der Waals surface area contributed by atoms with Crippen LogP contribution in [0.3, 0.4) is 0 Å². The molecule has 0 N–H and O–H groups in total. The number of hydrogen-bond acceptors (Lipinski definition) is 0. The second-order valence-electron chi connectivity index (χ2n) is 6.49. The molecule has 0 amide bonds. The van der Waals surface area contributed by atoms with E-state index >= 15 is 0 Å². The molecule has 0 aliphatic carbocycles. The van der Waals surface area contributed by atoms with Crippen LogP contribution in [0.4, 0.5) is 0 Å². The fourth-order valence-electron chi connectivity index (χ4n) is 3.38. The molecule has 0 nitrogen and oxygen atoms in total. The minimum absolute atomic E-state index is 0.166.